The van der Waals surface area contributed by atoms with Crippen molar-refractivity contribution in [3.8, 4) is 6.07 Å². The molecule has 108 valence electrons. The topological polar surface area (TPSA) is 122 Å². The molecule has 6 nitrogen and oxygen atoms in total. The van der Waals surface area contributed by atoms with Gasteiger partial charge in [-0.1, -0.05) is 11.6 Å². The summed E-state index contributed by atoms with van der Waals surface area (Å²) in [5.41, 5.74) is 7.19. The highest BCUT2D eigenvalue weighted by Crippen LogP contribution is 2.29. The number of primary sulfonamides is 1. The van der Waals surface area contributed by atoms with Crippen LogP contribution in [-0.2, 0) is 10.0 Å². The van der Waals surface area contributed by atoms with E-state index >= 15 is 0 Å². The van der Waals surface area contributed by atoms with Gasteiger partial charge in [0.25, 0.3) is 0 Å². The normalized spacial score (nSPS) is 10.9. The lowest BCUT2D eigenvalue weighted by atomic mass is 10.2. The number of sulfonamides is 1. The van der Waals surface area contributed by atoms with Crippen LogP contribution in [0, 0.1) is 11.3 Å². The lowest BCUT2D eigenvalue weighted by molar-refractivity contribution is 0.598. The summed E-state index contributed by atoms with van der Waals surface area (Å²) in [5.74, 6) is 0. The number of nitrogen functional groups attached to an aromatic ring is 1. The number of halogens is 1. The fraction of sp³-hybridized carbons (Fsp3) is 0. The van der Waals surface area contributed by atoms with E-state index in [9.17, 15) is 8.42 Å². The second-order valence-corrected chi connectivity index (χ2v) is 6.22. The van der Waals surface area contributed by atoms with Gasteiger partial charge in [0.2, 0.25) is 10.0 Å². The molecule has 2 aromatic carbocycles. The number of rotatable bonds is 3. The van der Waals surface area contributed by atoms with Gasteiger partial charge < -0.3 is 11.1 Å². The van der Waals surface area contributed by atoms with Gasteiger partial charge in [-0.2, -0.15) is 5.26 Å². The lowest BCUT2D eigenvalue weighted by Gasteiger charge is -2.12. The molecule has 0 heterocycles. The highest BCUT2D eigenvalue weighted by molar-refractivity contribution is 7.89. The van der Waals surface area contributed by atoms with Gasteiger partial charge in [0.05, 0.1) is 27.5 Å². The first-order valence-corrected chi connectivity index (χ1v) is 7.62. The van der Waals surface area contributed by atoms with Gasteiger partial charge in [-0.3, -0.25) is 0 Å². The Labute approximate surface area is 127 Å². The molecule has 0 fully saturated rings. The largest absolute Gasteiger partial charge is 0.397 e. The molecule has 0 spiro atoms. The highest BCUT2D eigenvalue weighted by atomic mass is 35.5. The Morgan fingerprint density at radius 2 is 1.86 bits per heavy atom. The lowest BCUT2D eigenvalue weighted by Crippen LogP contribution is -2.12. The zero-order valence-electron chi connectivity index (χ0n) is 10.7. The van der Waals surface area contributed by atoms with Crippen LogP contribution in [-0.4, -0.2) is 8.42 Å². The molecule has 0 amide bonds. The summed E-state index contributed by atoms with van der Waals surface area (Å²) in [6.07, 6.45) is 0. The monoisotopic (exact) mass is 322 g/mol. The van der Waals surface area contributed by atoms with Crippen molar-refractivity contribution in [2.75, 3.05) is 11.1 Å². The molecule has 0 aliphatic rings. The fourth-order valence-corrected chi connectivity index (χ4v) is 2.40. The molecule has 5 N–H and O–H groups in total. The predicted octanol–water partition coefficient (Wildman–Crippen LogP) is 2.18. The van der Waals surface area contributed by atoms with Crippen LogP contribution in [0.5, 0.6) is 0 Å². The molecule has 8 heteroatoms. The molecular formula is C13H11ClN4O2S. The summed E-state index contributed by atoms with van der Waals surface area (Å²) in [6, 6.07) is 10.7. The number of nitrogens with one attached hydrogen (secondary N) is 1. The van der Waals surface area contributed by atoms with Gasteiger partial charge in [-0.15, -0.1) is 0 Å². The molecule has 0 atom stereocenters. The van der Waals surface area contributed by atoms with Crippen molar-refractivity contribution in [3.05, 3.63) is 47.0 Å². The van der Waals surface area contributed by atoms with Crippen LogP contribution in [0.2, 0.25) is 5.02 Å². The number of nitriles is 1. The third-order valence-corrected chi connectivity index (χ3v) is 3.87. The second-order valence-electron chi connectivity index (χ2n) is 4.22. The molecular weight excluding hydrogens is 312 g/mol. The predicted molar refractivity (Wildman–Crippen MR) is 81.7 cm³/mol. The first kappa shape index (κ1) is 15.1. The van der Waals surface area contributed by atoms with Gasteiger partial charge in [0.1, 0.15) is 6.07 Å². The molecule has 0 bridgehead atoms. The SMILES string of the molecule is N#Cc1ccc(Cl)cc1Nc1cc(S(N)(=O)=O)ccc1N. The van der Waals surface area contributed by atoms with E-state index < -0.39 is 10.0 Å². The smallest absolute Gasteiger partial charge is 0.238 e. The third kappa shape index (κ3) is 3.44. The number of nitrogens with two attached hydrogens (primary N) is 2. The summed E-state index contributed by atoms with van der Waals surface area (Å²) in [6.45, 7) is 0. The molecule has 2 rings (SSSR count). The van der Waals surface area contributed by atoms with Gasteiger partial charge in [-0.25, -0.2) is 13.6 Å². The number of hydrogen-bond donors (Lipinski definition) is 3. The summed E-state index contributed by atoms with van der Waals surface area (Å²) < 4.78 is 22.7. The molecule has 0 aromatic heterocycles. The Morgan fingerprint density at radius 3 is 2.48 bits per heavy atom. The molecule has 0 aliphatic heterocycles. The van der Waals surface area contributed by atoms with Gasteiger partial charge >= 0.3 is 0 Å². The minimum atomic E-state index is -3.84. The van der Waals surface area contributed by atoms with E-state index in [0.717, 1.165) is 0 Å². The van der Waals surface area contributed by atoms with Crippen molar-refractivity contribution < 1.29 is 8.42 Å². The highest BCUT2D eigenvalue weighted by Gasteiger charge is 2.12. The van der Waals surface area contributed by atoms with Gasteiger partial charge in [0.15, 0.2) is 0 Å². The van der Waals surface area contributed by atoms with Crippen molar-refractivity contribution in [2.45, 2.75) is 4.90 Å². The molecule has 2 aromatic rings. The maximum absolute atomic E-state index is 11.4. The zero-order valence-corrected chi connectivity index (χ0v) is 12.2. The summed E-state index contributed by atoms with van der Waals surface area (Å²) in [5, 5.41) is 17.5. The fourth-order valence-electron chi connectivity index (χ4n) is 1.68. The Balaban J connectivity index is 2.50. The first-order valence-electron chi connectivity index (χ1n) is 5.70. The van der Waals surface area contributed by atoms with Crippen LogP contribution in [0.1, 0.15) is 5.56 Å². The van der Waals surface area contributed by atoms with E-state index in [0.29, 0.717) is 27.6 Å². The maximum atomic E-state index is 11.4. The van der Waals surface area contributed by atoms with Crippen molar-refractivity contribution in [3.63, 3.8) is 0 Å². The summed E-state index contributed by atoms with van der Waals surface area (Å²) in [7, 11) is -3.84. The van der Waals surface area contributed by atoms with Crippen LogP contribution in [0.25, 0.3) is 0 Å². The van der Waals surface area contributed by atoms with E-state index in [4.69, 9.17) is 27.7 Å². The summed E-state index contributed by atoms with van der Waals surface area (Å²) in [4.78, 5) is -0.0836. The molecule has 0 saturated heterocycles. The van der Waals surface area contributed by atoms with Gasteiger partial charge in [0, 0.05) is 5.02 Å². The van der Waals surface area contributed by atoms with E-state index in [-0.39, 0.29) is 4.90 Å². The Bertz CT molecular complexity index is 844. The van der Waals surface area contributed by atoms with Crippen LogP contribution in [0.15, 0.2) is 41.3 Å². The molecule has 21 heavy (non-hydrogen) atoms. The number of hydrogen-bond acceptors (Lipinski definition) is 5. The summed E-state index contributed by atoms with van der Waals surface area (Å²) >= 11 is 5.89. The quantitative estimate of drug-likeness (QED) is 0.747. The molecule has 0 aliphatic carbocycles. The van der Waals surface area contributed by atoms with E-state index in [1.807, 2.05) is 6.07 Å². The molecule has 0 unspecified atom stereocenters. The van der Waals surface area contributed by atoms with Crippen LogP contribution >= 0.6 is 11.6 Å². The van der Waals surface area contributed by atoms with Crippen molar-refractivity contribution >= 4 is 38.7 Å². The van der Waals surface area contributed by atoms with Crippen molar-refractivity contribution in [1.29, 1.82) is 5.26 Å². The first-order chi connectivity index (χ1) is 9.81. The van der Waals surface area contributed by atoms with Crippen molar-refractivity contribution in [1.82, 2.24) is 0 Å². The van der Waals surface area contributed by atoms with E-state index in [1.54, 1.807) is 18.2 Å². The zero-order chi connectivity index (χ0) is 15.6. The van der Waals surface area contributed by atoms with E-state index in [1.165, 1.54) is 18.2 Å². The third-order valence-electron chi connectivity index (χ3n) is 2.72. The average molecular weight is 323 g/mol. The number of benzene rings is 2. The minimum absolute atomic E-state index is 0.0836. The number of nitrogens with zero attached hydrogens (tertiary/aromatic N) is 1. The standard InChI is InChI=1S/C13H11ClN4O2S/c14-9-2-1-8(7-15)12(5-9)18-13-6-10(21(17,19)20)3-4-11(13)16/h1-6,18H,16H2,(H2,17,19,20). The van der Waals surface area contributed by atoms with Crippen LogP contribution < -0.4 is 16.2 Å². The molecule has 0 saturated carbocycles. The van der Waals surface area contributed by atoms with Crippen LogP contribution in [0.3, 0.4) is 0 Å². The Hall–Kier alpha value is -2.27. The van der Waals surface area contributed by atoms with Gasteiger partial charge in [-0.05, 0) is 36.4 Å². The Morgan fingerprint density at radius 1 is 1.14 bits per heavy atom. The van der Waals surface area contributed by atoms with Crippen molar-refractivity contribution in [2.24, 2.45) is 5.14 Å². The second kappa shape index (κ2) is 5.61. The van der Waals surface area contributed by atoms with Crippen LogP contribution in [0.4, 0.5) is 17.1 Å². The van der Waals surface area contributed by atoms with E-state index in [2.05, 4.69) is 5.32 Å². The Kier molecular flexibility index (Phi) is 4.04. The minimum Gasteiger partial charge on any atom is -0.397 e. The number of anilines is 3. The average Bonchev–Trinajstić information content (AvgIpc) is 2.40. The maximum Gasteiger partial charge on any atom is 0.238 e. The molecule has 0 radical (unpaired) electrons.